The number of aliphatic hydroxyl groups is 1. The van der Waals surface area contributed by atoms with Crippen molar-refractivity contribution >= 4 is 5.78 Å². The van der Waals surface area contributed by atoms with Crippen molar-refractivity contribution in [3.63, 3.8) is 0 Å². The summed E-state index contributed by atoms with van der Waals surface area (Å²) in [5.74, 6) is 0.267. The Morgan fingerprint density at radius 1 is 1.50 bits per heavy atom. The van der Waals surface area contributed by atoms with Gasteiger partial charge in [-0.25, -0.2) is 0 Å². The molecule has 1 atom stereocenters. The number of allylic oxidation sites excluding steroid dienone is 1. The van der Waals surface area contributed by atoms with Gasteiger partial charge >= 0.3 is 0 Å². The quantitative estimate of drug-likeness (QED) is 0.510. The van der Waals surface area contributed by atoms with E-state index in [1.165, 1.54) is 0 Å². The van der Waals surface area contributed by atoms with Crippen LogP contribution in [0.4, 0.5) is 0 Å². The van der Waals surface area contributed by atoms with Gasteiger partial charge in [0.2, 0.25) is 0 Å². The molecule has 0 spiro atoms. The molecule has 0 saturated carbocycles. The minimum absolute atomic E-state index is 0.267. The summed E-state index contributed by atoms with van der Waals surface area (Å²) in [7, 11) is 0. The maximum atomic E-state index is 10.8. The maximum Gasteiger partial charge on any atom is 0.133 e. The molecule has 0 bridgehead atoms. The predicted molar refractivity (Wildman–Crippen MR) is 38.6 cm³/mol. The molecule has 0 aromatic rings. The molecule has 0 radical (unpaired) electrons. The molecular weight excluding hydrogens is 128 g/mol. The smallest absolute Gasteiger partial charge is 0.133 e. The van der Waals surface area contributed by atoms with E-state index in [4.69, 9.17) is 5.11 Å². The molecule has 2 heteroatoms. The Morgan fingerprint density at radius 2 is 2.30 bits per heavy atom. The molecule has 0 saturated heterocycles. The third-order valence-electron chi connectivity index (χ3n) is 1.67. The fourth-order valence-electron chi connectivity index (χ4n) is 1.03. The van der Waals surface area contributed by atoms with Crippen molar-refractivity contribution < 1.29 is 9.90 Å². The summed E-state index contributed by atoms with van der Waals surface area (Å²) < 4.78 is 0. The number of hydrogen-bond donors (Lipinski definition) is 1. The maximum absolute atomic E-state index is 10.8. The minimum atomic E-state index is -0.399. The van der Waals surface area contributed by atoms with Crippen molar-refractivity contribution in [1.29, 1.82) is 0 Å². The second kappa shape index (κ2) is 3.52. The molecule has 1 aliphatic carbocycles. The highest BCUT2D eigenvalue weighted by molar-refractivity contribution is 5.78. The summed E-state index contributed by atoms with van der Waals surface area (Å²) in [5, 5.41) is 9.09. The van der Waals surface area contributed by atoms with Gasteiger partial charge in [0.25, 0.3) is 0 Å². The van der Waals surface area contributed by atoms with Crippen molar-refractivity contribution in [3.05, 3.63) is 12.2 Å². The Balaban J connectivity index is 2.45. The summed E-state index contributed by atoms with van der Waals surface area (Å²) in [6.45, 7) is 0. The van der Waals surface area contributed by atoms with Crippen LogP contribution in [0, 0.1) is 0 Å². The Labute approximate surface area is 60.6 Å². The molecule has 1 N–H and O–H groups in total. The number of ketones is 1. The largest absolute Gasteiger partial charge is 0.389 e. The summed E-state index contributed by atoms with van der Waals surface area (Å²) >= 11 is 0. The summed E-state index contributed by atoms with van der Waals surface area (Å²) in [6.07, 6.45) is 5.80. The first kappa shape index (κ1) is 7.48. The van der Waals surface area contributed by atoms with Gasteiger partial charge in [-0.2, -0.15) is 0 Å². The van der Waals surface area contributed by atoms with E-state index in [-0.39, 0.29) is 5.78 Å². The van der Waals surface area contributed by atoms with Crippen LogP contribution in [0.5, 0.6) is 0 Å². The van der Waals surface area contributed by atoms with Crippen molar-refractivity contribution in [2.45, 2.75) is 31.8 Å². The number of carbonyl (C=O) groups is 1. The lowest BCUT2D eigenvalue weighted by atomic mass is 10.0. The molecular formula is C8H12O2. The van der Waals surface area contributed by atoms with Crippen molar-refractivity contribution in [3.8, 4) is 0 Å². The third kappa shape index (κ3) is 2.31. The van der Waals surface area contributed by atoms with Crippen LogP contribution in [-0.4, -0.2) is 17.0 Å². The predicted octanol–water partition coefficient (Wildman–Crippen LogP) is 1.05. The Morgan fingerprint density at radius 3 is 3.10 bits per heavy atom. The number of rotatable bonds is 0. The number of carbonyl (C=O) groups excluding carboxylic acids is 1. The SMILES string of the molecule is O=C1CC/C=C/C(O)CC1. The van der Waals surface area contributed by atoms with Crippen LogP contribution in [0.2, 0.25) is 0 Å². The molecule has 2 nitrogen and oxygen atoms in total. The van der Waals surface area contributed by atoms with E-state index >= 15 is 0 Å². The zero-order chi connectivity index (χ0) is 7.40. The molecule has 0 amide bonds. The van der Waals surface area contributed by atoms with Crippen LogP contribution < -0.4 is 0 Å². The van der Waals surface area contributed by atoms with Gasteiger partial charge in [-0.05, 0) is 12.8 Å². The molecule has 0 aromatic heterocycles. The molecule has 10 heavy (non-hydrogen) atoms. The fourth-order valence-corrected chi connectivity index (χ4v) is 1.03. The van der Waals surface area contributed by atoms with Gasteiger partial charge in [0, 0.05) is 12.8 Å². The highest BCUT2D eigenvalue weighted by Gasteiger charge is 2.07. The molecule has 0 aromatic carbocycles. The molecule has 1 aliphatic rings. The topological polar surface area (TPSA) is 37.3 Å². The zero-order valence-corrected chi connectivity index (χ0v) is 5.92. The molecule has 1 unspecified atom stereocenters. The van der Waals surface area contributed by atoms with E-state index in [1.54, 1.807) is 6.08 Å². The first-order chi connectivity index (χ1) is 4.79. The lowest BCUT2D eigenvalue weighted by Crippen LogP contribution is -2.08. The van der Waals surface area contributed by atoms with Crippen molar-refractivity contribution in [2.24, 2.45) is 0 Å². The van der Waals surface area contributed by atoms with Crippen LogP contribution in [0.3, 0.4) is 0 Å². The summed E-state index contributed by atoms with van der Waals surface area (Å²) in [5.41, 5.74) is 0. The van der Waals surface area contributed by atoms with Crippen LogP contribution in [0.15, 0.2) is 12.2 Å². The van der Waals surface area contributed by atoms with E-state index in [9.17, 15) is 4.79 Å². The monoisotopic (exact) mass is 140 g/mol. The van der Waals surface area contributed by atoms with Crippen LogP contribution in [-0.2, 0) is 4.79 Å². The Bertz CT molecular complexity index is 149. The Kier molecular flexibility index (Phi) is 2.63. The molecule has 0 heterocycles. The lowest BCUT2D eigenvalue weighted by Gasteiger charge is -2.07. The zero-order valence-electron chi connectivity index (χ0n) is 5.92. The van der Waals surface area contributed by atoms with Gasteiger partial charge in [-0.15, -0.1) is 0 Å². The van der Waals surface area contributed by atoms with Crippen molar-refractivity contribution in [2.75, 3.05) is 0 Å². The average molecular weight is 140 g/mol. The Hall–Kier alpha value is -0.630. The number of Topliss-reactive ketones (excluding diaryl/α,β-unsaturated/α-hetero) is 1. The standard InChI is InChI=1S/C8H12O2/c9-7-3-1-2-4-8(10)6-5-7/h1,3,7,9H,2,4-6H2/b3-1+. The number of aliphatic hydroxyl groups excluding tert-OH is 1. The van der Waals surface area contributed by atoms with Gasteiger partial charge in [-0.3, -0.25) is 4.79 Å². The first-order valence-electron chi connectivity index (χ1n) is 3.65. The third-order valence-corrected chi connectivity index (χ3v) is 1.67. The van der Waals surface area contributed by atoms with Crippen LogP contribution in [0.25, 0.3) is 0 Å². The summed E-state index contributed by atoms with van der Waals surface area (Å²) in [4.78, 5) is 10.8. The van der Waals surface area contributed by atoms with Gasteiger partial charge < -0.3 is 5.11 Å². The minimum Gasteiger partial charge on any atom is -0.389 e. The van der Waals surface area contributed by atoms with E-state index in [0.717, 1.165) is 6.42 Å². The van der Waals surface area contributed by atoms with Gasteiger partial charge in [0.1, 0.15) is 5.78 Å². The van der Waals surface area contributed by atoms with E-state index in [2.05, 4.69) is 0 Å². The summed E-state index contributed by atoms with van der Waals surface area (Å²) in [6, 6.07) is 0. The molecule has 56 valence electrons. The highest BCUT2D eigenvalue weighted by atomic mass is 16.3. The molecule has 1 rings (SSSR count). The fraction of sp³-hybridized carbons (Fsp3) is 0.625. The van der Waals surface area contributed by atoms with Gasteiger partial charge in [-0.1, -0.05) is 12.2 Å². The second-order valence-electron chi connectivity index (χ2n) is 2.61. The normalized spacial score (nSPS) is 30.9. The van der Waals surface area contributed by atoms with Crippen LogP contribution in [0.1, 0.15) is 25.7 Å². The lowest BCUT2D eigenvalue weighted by molar-refractivity contribution is -0.119. The second-order valence-corrected chi connectivity index (χ2v) is 2.61. The molecule has 0 aliphatic heterocycles. The van der Waals surface area contributed by atoms with Crippen molar-refractivity contribution in [1.82, 2.24) is 0 Å². The number of hydrogen-bond acceptors (Lipinski definition) is 2. The van der Waals surface area contributed by atoms with E-state index in [1.807, 2.05) is 6.08 Å². The van der Waals surface area contributed by atoms with E-state index in [0.29, 0.717) is 19.3 Å². The van der Waals surface area contributed by atoms with Gasteiger partial charge in [0.15, 0.2) is 0 Å². The first-order valence-corrected chi connectivity index (χ1v) is 3.65. The van der Waals surface area contributed by atoms with Gasteiger partial charge in [0.05, 0.1) is 6.10 Å². The highest BCUT2D eigenvalue weighted by Crippen LogP contribution is 2.08. The van der Waals surface area contributed by atoms with Crippen LogP contribution >= 0.6 is 0 Å². The average Bonchev–Trinajstić information content (AvgIpc) is 1.90. The molecule has 0 fully saturated rings. The van der Waals surface area contributed by atoms with E-state index < -0.39 is 6.10 Å².